The molecule has 7 heteroatoms. The number of halogens is 2. The number of ether oxygens (including phenoxy) is 3. The van der Waals surface area contributed by atoms with E-state index in [2.05, 4.69) is 29.2 Å². The van der Waals surface area contributed by atoms with E-state index < -0.39 is 0 Å². The van der Waals surface area contributed by atoms with Crippen molar-refractivity contribution in [2.24, 2.45) is 0 Å². The monoisotopic (exact) mass is 459 g/mol. The number of pyridine rings is 1. The van der Waals surface area contributed by atoms with E-state index in [-0.39, 0.29) is 12.2 Å². The molecule has 1 aromatic heterocycles. The first-order valence-corrected chi connectivity index (χ1v) is 10.4. The van der Waals surface area contributed by atoms with Gasteiger partial charge >= 0.3 is 0 Å². The second-order valence-electron chi connectivity index (χ2n) is 6.94. The molecule has 3 aromatic rings. The Bertz CT molecular complexity index is 1050. The van der Waals surface area contributed by atoms with E-state index in [0.717, 1.165) is 5.56 Å². The molecular weight excluding hydrogens is 437 g/mol. The van der Waals surface area contributed by atoms with Gasteiger partial charge < -0.3 is 14.2 Å². The van der Waals surface area contributed by atoms with Crippen molar-refractivity contribution in [3.05, 3.63) is 81.1 Å². The zero-order chi connectivity index (χ0) is 22.4. The number of hydrogen-bond donors (Lipinski definition) is 0. The van der Waals surface area contributed by atoms with Gasteiger partial charge in [-0.3, -0.25) is 9.78 Å². The van der Waals surface area contributed by atoms with Gasteiger partial charge in [-0.25, -0.2) is 0 Å². The van der Waals surface area contributed by atoms with E-state index in [1.165, 1.54) is 32.2 Å². The minimum atomic E-state index is -0.207. The SMILES string of the molecule is COc1ccc(C(=O)Cc2c(Cl)cncc2Cl)c(OCCc2ccc(C)cc2)c1OC. The summed E-state index contributed by atoms with van der Waals surface area (Å²) in [6.07, 6.45) is 3.60. The number of benzene rings is 2. The summed E-state index contributed by atoms with van der Waals surface area (Å²) in [5.41, 5.74) is 3.21. The van der Waals surface area contributed by atoms with Crippen LogP contribution in [0.3, 0.4) is 0 Å². The molecule has 0 aliphatic heterocycles. The molecule has 162 valence electrons. The summed E-state index contributed by atoms with van der Waals surface area (Å²) >= 11 is 12.4. The average molecular weight is 460 g/mol. The van der Waals surface area contributed by atoms with Crippen LogP contribution in [-0.2, 0) is 12.8 Å². The van der Waals surface area contributed by atoms with E-state index >= 15 is 0 Å². The van der Waals surface area contributed by atoms with Crippen LogP contribution in [0.2, 0.25) is 10.0 Å². The van der Waals surface area contributed by atoms with Gasteiger partial charge in [0.05, 0.1) is 36.4 Å². The van der Waals surface area contributed by atoms with Crippen molar-refractivity contribution >= 4 is 29.0 Å². The summed E-state index contributed by atoms with van der Waals surface area (Å²) < 4.78 is 16.9. The zero-order valence-corrected chi connectivity index (χ0v) is 19.1. The Morgan fingerprint density at radius 3 is 2.23 bits per heavy atom. The Balaban J connectivity index is 1.88. The van der Waals surface area contributed by atoms with E-state index in [9.17, 15) is 4.79 Å². The summed E-state index contributed by atoms with van der Waals surface area (Å²) in [6, 6.07) is 11.6. The number of carbonyl (C=O) groups excluding carboxylic acids is 1. The summed E-state index contributed by atoms with van der Waals surface area (Å²) in [4.78, 5) is 17.1. The maximum absolute atomic E-state index is 13.2. The number of ketones is 1. The topological polar surface area (TPSA) is 57.7 Å². The lowest BCUT2D eigenvalue weighted by molar-refractivity contribution is 0.0988. The molecule has 0 N–H and O–H groups in total. The Kier molecular flexibility index (Phi) is 7.77. The predicted molar refractivity (Wildman–Crippen MR) is 122 cm³/mol. The molecule has 2 aromatic carbocycles. The minimum Gasteiger partial charge on any atom is -0.493 e. The van der Waals surface area contributed by atoms with Gasteiger partial charge in [-0.05, 0) is 24.6 Å². The van der Waals surface area contributed by atoms with Crippen LogP contribution in [0, 0.1) is 6.92 Å². The summed E-state index contributed by atoms with van der Waals surface area (Å²) in [6.45, 7) is 2.41. The fourth-order valence-corrected chi connectivity index (χ4v) is 3.65. The standard InChI is InChI=1S/C24H23Cl2NO4/c1-15-4-6-16(7-5-15)10-11-31-23-17(8-9-22(29-2)24(23)30-3)21(28)12-18-19(25)13-27-14-20(18)26/h4-9,13-14H,10-12H2,1-3H3. The molecule has 0 aliphatic rings. The van der Waals surface area contributed by atoms with Crippen LogP contribution in [0.25, 0.3) is 0 Å². The predicted octanol–water partition coefficient (Wildman–Crippen LogP) is 5.76. The number of rotatable bonds is 9. The third kappa shape index (κ3) is 5.49. The molecule has 0 aliphatic carbocycles. The van der Waals surface area contributed by atoms with Crippen molar-refractivity contribution in [2.75, 3.05) is 20.8 Å². The molecule has 0 unspecified atom stereocenters. The second kappa shape index (κ2) is 10.5. The van der Waals surface area contributed by atoms with Crippen LogP contribution in [0.5, 0.6) is 17.2 Å². The van der Waals surface area contributed by atoms with Gasteiger partial charge in [-0.15, -0.1) is 0 Å². The van der Waals surface area contributed by atoms with Crippen LogP contribution in [0.1, 0.15) is 27.0 Å². The highest BCUT2D eigenvalue weighted by molar-refractivity contribution is 6.36. The van der Waals surface area contributed by atoms with Crippen molar-refractivity contribution in [3.8, 4) is 17.2 Å². The van der Waals surface area contributed by atoms with Gasteiger partial charge in [-0.2, -0.15) is 0 Å². The summed E-state index contributed by atoms with van der Waals surface area (Å²) in [5.74, 6) is 0.968. The first kappa shape index (κ1) is 22.9. The largest absolute Gasteiger partial charge is 0.493 e. The van der Waals surface area contributed by atoms with E-state index in [4.69, 9.17) is 37.4 Å². The molecule has 0 bridgehead atoms. The molecule has 0 saturated heterocycles. The molecule has 1 heterocycles. The normalized spacial score (nSPS) is 10.6. The van der Waals surface area contributed by atoms with Crippen molar-refractivity contribution in [1.82, 2.24) is 4.98 Å². The molecule has 3 rings (SSSR count). The van der Waals surface area contributed by atoms with E-state index in [1.807, 2.05) is 6.92 Å². The van der Waals surface area contributed by atoms with Crippen molar-refractivity contribution < 1.29 is 19.0 Å². The highest BCUT2D eigenvalue weighted by Crippen LogP contribution is 2.41. The first-order chi connectivity index (χ1) is 14.9. The third-order valence-corrected chi connectivity index (χ3v) is 5.50. The molecular formula is C24H23Cl2NO4. The highest BCUT2D eigenvalue weighted by Gasteiger charge is 2.23. The lowest BCUT2D eigenvalue weighted by Gasteiger charge is -2.17. The van der Waals surface area contributed by atoms with Crippen molar-refractivity contribution in [2.45, 2.75) is 19.8 Å². The lowest BCUT2D eigenvalue weighted by Crippen LogP contribution is -2.11. The number of aryl methyl sites for hydroxylation is 1. The number of methoxy groups -OCH3 is 2. The van der Waals surface area contributed by atoms with Crippen molar-refractivity contribution in [1.29, 1.82) is 0 Å². The van der Waals surface area contributed by atoms with Crippen LogP contribution in [0.4, 0.5) is 0 Å². The molecule has 5 nitrogen and oxygen atoms in total. The van der Waals surface area contributed by atoms with Crippen LogP contribution < -0.4 is 14.2 Å². The summed E-state index contributed by atoms with van der Waals surface area (Å²) in [5, 5.41) is 0.673. The smallest absolute Gasteiger partial charge is 0.204 e. The van der Waals surface area contributed by atoms with Gasteiger partial charge in [0.2, 0.25) is 5.75 Å². The molecule has 0 fully saturated rings. The number of aromatic nitrogens is 1. The molecule has 0 atom stereocenters. The Morgan fingerprint density at radius 2 is 1.61 bits per heavy atom. The van der Waals surface area contributed by atoms with Crippen LogP contribution in [-0.4, -0.2) is 31.6 Å². The molecule has 0 spiro atoms. The number of Topliss-reactive ketones (excluding diaryl/α,β-unsaturated/α-hetero) is 1. The molecule has 0 radical (unpaired) electrons. The van der Waals surface area contributed by atoms with Gasteiger partial charge in [0, 0.05) is 30.8 Å². The van der Waals surface area contributed by atoms with Gasteiger partial charge in [0.15, 0.2) is 17.3 Å². The van der Waals surface area contributed by atoms with E-state index in [1.54, 1.807) is 12.1 Å². The van der Waals surface area contributed by atoms with Crippen molar-refractivity contribution in [3.63, 3.8) is 0 Å². The Hall–Kier alpha value is -2.76. The first-order valence-electron chi connectivity index (χ1n) is 9.69. The highest BCUT2D eigenvalue weighted by atomic mass is 35.5. The Labute approximate surface area is 191 Å². The van der Waals surface area contributed by atoms with Gasteiger partial charge in [0.25, 0.3) is 0 Å². The van der Waals surface area contributed by atoms with Gasteiger partial charge in [-0.1, -0.05) is 53.0 Å². The second-order valence-corrected chi connectivity index (χ2v) is 7.76. The van der Waals surface area contributed by atoms with E-state index in [0.29, 0.717) is 51.4 Å². The summed E-state index contributed by atoms with van der Waals surface area (Å²) in [7, 11) is 3.04. The maximum Gasteiger partial charge on any atom is 0.204 e. The maximum atomic E-state index is 13.2. The fourth-order valence-electron chi connectivity index (χ4n) is 3.15. The Morgan fingerprint density at radius 1 is 0.935 bits per heavy atom. The average Bonchev–Trinajstić information content (AvgIpc) is 2.77. The number of nitrogens with zero attached hydrogens (tertiary/aromatic N) is 1. The molecule has 31 heavy (non-hydrogen) atoms. The molecule has 0 saturated carbocycles. The quantitative estimate of drug-likeness (QED) is 0.380. The number of hydrogen-bond acceptors (Lipinski definition) is 5. The zero-order valence-electron chi connectivity index (χ0n) is 17.6. The van der Waals surface area contributed by atoms with Crippen LogP contribution >= 0.6 is 23.2 Å². The minimum absolute atomic E-state index is 0.00396. The fraction of sp³-hybridized carbons (Fsp3) is 0.250. The van der Waals surface area contributed by atoms with Crippen LogP contribution in [0.15, 0.2) is 48.8 Å². The van der Waals surface area contributed by atoms with Gasteiger partial charge in [0.1, 0.15) is 0 Å². The molecule has 0 amide bonds. The lowest BCUT2D eigenvalue weighted by atomic mass is 10.0. The number of carbonyl (C=O) groups is 1. The third-order valence-electron chi connectivity index (χ3n) is 4.85.